The number of halogens is 1. The van der Waals surface area contributed by atoms with Gasteiger partial charge in [0, 0.05) is 13.1 Å². The topological polar surface area (TPSA) is 86.7 Å². The van der Waals surface area contributed by atoms with Gasteiger partial charge in [0.25, 0.3) is 0 Å². The molecule has 1 amide bonds. The van der Waals surface area contributed by atoms with Crippen molar-refractivity contribution in [1.29, 1.82) is 0 Å². The molecule has 0 saturated carbocycles. The number of hydrogen-bond donors (Lipinski definition) is 2. The van der Waals surface area contributed by atoms with Gasteiger partial charge >= 0.3 is 0 Å². The van der Waals surface area contributed by atoms with Gasteiger partial charge in [-0.1, -0.05) is 12.1 Å². The lowest BCUT2D eigenvalue weighted by molar-refractivity contribution is -0.124. The molecule has 2 N–H and O–H groups in total. The maximum Gasteiger partial charge on any atom is 0.243 e. The Balaban J connectivity index is 1.71. The molecule has 0 spiro atoms. The third kappa shape index (κ3) is 3.86. The molecule has 0 unspecified atom stereocenters. The molecular formula is C18H19FN2O4S. The predicted octanol–water partition coefficient (Wildman–Crippen LogP) is 2.00. The van der Waals surface area contributed by atoms with Crippen LogP contribution in [0.15, 0.2) is 53.4 Å². The van der Waals surface area contributed by atoms with Crippen molar-refractivity contribution < 1.29 is 22.7 Å². The Labute approximate surface area is 151 Å². The van der Waals surface area contributed by atoms with Crippen LogP contribution in [0.5, 0.6) is 5.75 Å². The van der Waals surface area contributed by atoms with E-state index in [4.69, 9.17) is 0 Å². The Hall–Kier alpha value is -2.45. The van der Waals surface area contributed by atoms with Crippen molar-refractivity contribution in [3.8, 4) is 5.75 Å². The Bertz CT molecular complexity index is 882. The Morgan fingerprint density at radius 3 is 2.46 bits per heavy atom. The molecule has 1 atom stereocenters. The maximum absolute atomic E-state index is 13.1. The molecule has 2 aromatic rings. The van der Waals surface area contributed by atoms with Gasteiger partial charge in [0.15, 0.2) is 0 Å². The highest BCUT2D eigenvalue weighted by Gasteiger charge is 2.39. The summed E-state index contributed by atoms with van der Waals surface area (Å²) in [5.74, 6) is -0.762. The zero-order valence-corrected chi connectivity index (χ0v) is 14.7. The van der Waals surface area contributed by atoms with E-state index < -0.39 is 21.9 Å². The van der Waals surface area contributed by atoms with Crippen molar-refractivity contribution in [3.05, 3.63) is 59.9 Å². The number of aromatic hydroxyl groups is 1. The van der Waals surface area contributed by atoms with Crippen molar-refractivity contribution in [3.63, 3.8) is 0 Å². The van der Waals surface area contributed by atoms with Gasteiger partial charge in [0.05, 0.1) is 4.90 Å². The third-order valence-electron chi connectivity index (χ3n) is 4.33. The highest BCUT2D eigenvalue weighted by molar-refractivity contribution is 7.89. The summed E-state index contributed by atoms with van der Waals surface area (Å²) in [7, 11) is -3.87. The molecule has 3 rings (SSSR count). The Morgan fingerprint density at radius 2 is 1.81 bits per heavy atom. The Morgan fingerprint density at radius 1 is 1.15 bits per heavy atom. The van der Waals surface area contributed by atoms with E-state index in [0.29, 0.717) is 12.8 Å². The van der Waals surface area contributed by atoms with Crippen LogP contribution in [0.1, 0.15) is 18.4 Å². The average Bonchev–Trinajstić information content (AvgIpc) is 3.12. The second-order valence-corrected chi connectivity index (χ2v) is 8.00. The first-order valence-electron chi connectivity index (χ1n) is 8.21. The van der Waals surface area contributed by atoms with Gasteiger partial charge in [-0.05, 0) is 54.8 Å². The summed E-state index contributed by atoms with van der Waals surface area (Å²) in [6.45, 7) is 0.483. The molecule has 1 fully saturated rings. The number of sulfonamides is 1. The van der Waals surface area contributed by atoms with Gasteiger partial charge in [0.1, 0.15) is 17.6 Å². The number of phenols is 1. The van der Waals surface area contributed by atoms with Gasteiger partial charge in [-0.25, -0.2) is 12.8 Å². The third-order valence-corrected chi connectivity index (χ3v) is 6.25. The summed E-state index contributed by atoms with van der Waals surface area (Å²) >= 11 is 0. The summed E-state index contributed by atoms with van der Waals surface area (Å²) < 4.78 is 39.8. The van der Waals surface area contributed by atoms with Gasteiger partial charge in [-0.3, -0.25) is 4.79 Å². The number of phenolic OH excluding ortho intramolecular Hbond substituents is 1. The van der Waals surface area contributed by atoms with Gasteiger partial charge in [-0.15, -0.1) is 0 Å². The zero-order chi connectivity index (χ0) is 18.7. The van der Waals surface area contributed by atoms with E-state index >= 15 is 0 Å². The largest absolute Gasteiger partial charge is 0.508 e. The molecule has 6 nitrogen and oxygen atoms in total. The first kappa shape index (κ1) is 18.3. The quantitative estimate of drug-likeness (QED) is 0.833. The fourth-order valence-corrected chi connectivity index (χ4v) is 4.61. The molecule has 0 bridgehead atoms. The molecule has 1 aliphatic heterocycles. The van der Waals surface area contributed by atoms with Gasteiger partial charge in [-0.2, -0.15) is 4.31 Å². The van der Waals surface area contributed by atoms with E-state index in [1.807, 2.05) is 0 Å². The molecule has 1 heterocycles. The molecule has 8 heteroatoms. The maximum atomic E-state index is 13.1. The number of carbonyl (C=O) groups excluding carboxylic acids is 1. The molecule has 0 aromatic heterocycles. The van der Waals surface area contributed by atoms with Crippen LogP contribution in [0.2, 0.25) is 0 Å². The molecule has 0 radical (unpaired) electrons. The number of amides is 1. The number of hydrogen-bond acceptors (Lipinski definition) is 4. The van der Waals surface area contributed by atoms with Crippen molar-refractivity contribution in [2.24, 2.45) is 0 Å². The fourth-order valence-electron chi connectivity index (χ4n) is 2.95. The van der Waals surface area contributed by atoms with E-state index in [2.05, 4.69) is 5.32 Å². The van der Waals surface area contributed by atoms with Crippen molar-refractivity contribution in [1.82, 2.24) is 9.62 Å². The normalized spacial score (nSPS) is 18.0. The summed E-state index contributed by atoms with van der Waals surface area (Å²) in [6.07, 6.45) is 1.01. The van der Waals surface area contributed by atoms with Crippen LogP contribution >= 0.6 is 0 Å². The average molecular weight is 378 g/mol. The minimum Gasteiger partial charge on any atom is -0.508 e. The lowest BCUT2D eigenvalue weighted by Crippen LogP contribution is -2.45. The first-order valence-corrected chi connectivity index (χ1v) is 9.65. The molecule has 1 aliphatic rings. The van der Waals surface area contributed by atoms with E-state index in [1.54, 1.807) is 12.1 Å². The highest BCUT2D eigenvalue weighted by atomic mass is 32.2. The minimum absolute atomic E-state index is 0.0304. The molecule has 2 aromatic carbocycles. The molecule has 0 aliphatic carbocycles. The van der Waals surface area contributed by atoms with Crippen LogP contribution in [-0.2, 0) is 21.4 Å². The smallest absolute Gasteiger partial charge is 0.243 e. The minimum atomic E-state index is -3.87. The van der Waals surface area contributed by atoms with Crippen LogP contribution < -0.4 is 5.32 Å². The second kappa shape index (κ2) is 7.43. The molecule has 1 saturated heterocycles. The highest BCUT2D eigenvalue weighted by Crippen LogP contribution is 2.26. The summed E-state index contributed by atoms with van der Waals surface area (Å²) in [4.78, 5) is 12.5. The van der Waals surface area contributed by atoms with E-state index in [0.717, 1.165) is 17.7 Å². The van der Waals surface area contributed by atoms with E-state index in [-0.39, 0.29) is 29.6 Å². The monoisotopic (exact) mass is 378 g/mol. The predicted molar refractivity (Wildman–Crippen MR) is 93.3 cm³/mol. The van der Waals surface area contributed by atoms with Gasteiger partial charge < -0.3 is 10.4 Å². The number of benzene rings is 2. The summed E-state index contributed by atoms with van der Waals surface area (Å²) in [5.41, 5.74) is 0.794. The Kier molecular flexibility index (Phi) is 5.24. The SMILES string of the molecule is O=C(NCc1ccc(O)cc1)[C@@H]1CCCN1S(=O)(=O)c1ccc(F)cc1. The summed E-state index contributed by atoms with van der Waals surface area (Å²) in [6, 6.07) is 10.2. The molecular weight excluding hydrogens is 359 g/mol. The first-order chi connectivity index (χ1) is 12.4. The van der Waals surface area contributed by atoms with Crippen molar-refractivity contribution in [2.45, 2.75) is 30.3 Å². The lowest BCUT2D eigenvalue weighted by atomic mass is 10.2. The van der Waals surface area contributed by atoms with Crippen LogP contribution in [-0.4, -0.2) is 36.3 Å². The van der Waals surface area contributed by atoms with Crippen LogP contribution in [0, 0.1) is 5.82 Å². The number of nitrogens with zero attached hydrogens (tertiary/aromatic N) is 1. The van der Waals surface area contributed by atoms with Crippen molar-refractivity contribution in [2.75, 3.05) is 6.54 Å². The molecule has 138 valence electrons. The van der Waals surface area contributed by atoms with E-state index in [9.17, 15) is 22.7 Å². The number of carbonyl (C=O) groups is 1. The number of rotatable bonds is 5. The van der Waals surface area contributed by atoms with Crippen LogP contribution in [0.4, 0.5) is 4.39 Å². The standard InChI is InChI=1S/C18H19FN2O4S/c19-14-5-9-16(10-6-14)26(24,25)21-11-1-2-17(21)18(23)20-12-13-3-7-15(22)8-4-13/h3-10,17,22H,1-2,11-12H2,(H,20,23)/t17-/m0/s1. The number of nitrogens with one attached hydrogen (secondary N) is 1. The van der Waals surface area contributed by atoms with Crippen molar-refractivity contribution >= 4 is 15.9 Å². The van der Waals surface area contributed by atoms with Crippen LogP contribution in [0.25, 0.3) is 0 Å². The summed E-state index contributed by atoms with van der Waals surface area (Å²) in [5, 5.41) is 12.0. The fraction of sp³-hybridized carbons (Fsp3) is 0.278. The molecule has 26 heavy (non-hydrogen) atoms. The van der Waals surface area contributed by atoms with Gasteiger partial charge in [0.2, 0.25) is 15.9 Å². The van der Waals surface area contributed by atoms with E-state index in [1.165, 1.54) is 28.6 Å². The second-order valence-electron chi connectivity index (χ2n) is 6.11. The zero-order valence-electron chi connectivity index (χ0n) is 13.9. The lowest BCUT2D eigenvalue weighted by Gasteiger charge is -2.23. The van der Waals surface area contributed by atoms with Crippen LogP contribution in [0.3, 0.4) is 0 Å².